The Bertz CT molecular complexity index is 394. The summed E-state index contributed by atoms with van der Waals surface area (Å²) >= 11 is 0. The van der Waals surface area contributed by atoms with Crippen molar-refractivity contribution in [3.8, 4) is 0 Å². The van der Waals surface area contributed by atoms with E-state index in [1.807, 2.05) is 0 Å². The summed E-state index contributed by atoms with van der Waals surface area (Å²) in [5.74, 6) is 0. The maximum atomic E-state index is 10.9. The molecule has 0 amide bonds. The summed E-state index contributed by atoms with van der Waals surface area (Å²) in [7, 11) is 0. The summed E-state index contributed by atoms with van der Waals surface area (Å²) in [6.07, 6.45) is 5.43. The quantitative estimate of drug-likeness (QED) is 0.689. The fraction of sp³-hybridized carbons (Fsp3) is 0.636. The minimum absolute atomic E-state index is 0.533. The van der Waals surface area contributed by atoms with Crippen LogP contribution < -0.4 is 0 Å². The van der Waals surface area contributed by atoms with Crippen LogP contribution in [0.4, 0.5) is 0 Å². The van der Waals surface area contributed by atoms with E-state index in [2.05, 4.69) is 9.78 Å². The van der Waals surface area contributed by atoms with Crippen LogP contribution in [0.2, 0.25) is 0 Å². The number of rotatable bonds is 2. The molecule has 4 heteroatoms. The highest BCUT2D eigenvalue weighted by Crippen LogP contribution is 2.34. The Kier molecular flexibility index (Phi) is 2.09. The maximum absolute atomic E-state index is 10.9. The molecule has 1 aromatic heterocycles. The fourth-order valence-electron chi connectivity index (χ4n) is 2.32. The molecule has 0 atom stereocenters. The van der Waals surface area contributed by atoms with Crippen LogP contribution >= 0.6 is 0 Å². The molecule has 15 heavy (non-hydrogen) atoms. The van der Waals surface area contributed by atoms with E-state index < -0.39 is 0 Å². The van der Waals surface area contributed by atoms with E-state index in [0.717, 1.165) is 24.9 Å². The van der Waals surface area contributed by atoms with Crippen molar-refractivity contribution in [3.05, 3.63) is 17.0 Å². The van der Waals surface area contributed by atoms with Crippen LogP contribution in [-0.2, 0) is 17.8 Å². The van der Waals surface area contributed by atoms with E-state index in [-0.39, 0.29) is 0 Å². The van der Waals surface area contributed by atoms with Gasteiger partial charge in [-0.25, -0.2) is 0 Å². The van der Waals surface area contributed by atoms with Gasteiger partial charge < -0.3 is 4.74 Å². The zero-order valence-electron chi connectivity index (χ0n) is 8.61. The van der Waals surface area contributed by atoms with E-state index in [9.17, 15) is 4.79 Å². The minimum atomic E-state index is 0.533. The lowest BCUT2D eigenvalue weighted by Gasteiger charge is -2.28. The molecule has 0 radical (unpaired) electrons. The second kappa shape index (κ2) is 3.45. The van der Waals surface area contributed by atoms with Crippen LogP contribution in [0.5, 0.6) is 0 Å². The Labute approximate surface area is 88.2 Å². The number of carbonyl (C=O) groups is 1. The highest BCUT2D eigenvalue weighted by atomic mass is 16.5. The number of hydrogen-bond donors (Lipinski definition) is 0. The van der Waals surface area contributed by atoms with E-state index in [4.69, 9.17) is 4.74 Å². The lowest BCUT2D eigenvalue weighted by Crippen LogP contribution is -2.22. The normalized spacial score (nSPS) is 20.8. The molecule has 2 heterocycles. The largest absolute Gasteiger partial charge is 0.376 e. The van der Waals surface area contributed by atoms with Crippen LogP contribution in [-0.4, -0.2) is 22.7 Å². The third kappa shape index (κ3) is 1.32. The van der Waals surface area contributed by atoms with Crippen molar-refractivity contribution in [1.29, 1.82) is 0 Å². The first-order valence-electron chi connectivity index (χ1n) is 5.53. The molecule has 1 aliphatic carbocycles. The van der Waals surface area contributed by atoms with Crippen LogP contribution in [0.3, 0.4) is 0 Å². The van der Waals surface area contributed by atoms with Gasteiger partial charge in [-0.15, -0.1) is 0 Å². The number of carbonyl (C=O) groups excluding carboxylic acids is 1. The van der Waals surface area contributed by atoms with Gasteiger partial charge in [-0.1, -0.05) is 0 Å². The van der Waals surface area contributed by atoms with Crippen molar-refractivity contribution >= 4 is 6.29 Å². The Hall–Kier alpha value is -1.16. The van der Waals surface area contributed by atoms with Gasteiger partial charge in [0.1, 0.15) is 5.69 Å². The van der Waals surface area contributed by atoms with Gasteiger partial charge in [0.25, 0.3) is 0 Å². The average Bonchev–Trinajstić information content (AvgIpc) is 2.55. The van der Waals surface area contributed by atoms with Gasteiger partial charge >= 0.3 is 0 Å². The molecular weight excluding hydrogens is 192 g/mol. The van der Waals surface area contributed by atoms with E-state index >= 15 is 0 Å². The molecule has 4 nitrogen and oxygen atoms in total. The standard InChI is InChI=1S/C11H14N2O2/c14-6-10-9-7-15-5-4-11(9)13(12-10)8-2-1-3-8/h6,8H,1-5,7H2. The second-order valence-electron chi connectivity index (χ2n) is 4.26. The van der Waals surface area contributed by atoms with E-state index in [1.165, 1.54) is 25.0 Å². The topological polar surface area (TPSA) is 44.1 Å². The van der Waals surface area contributed by atoms with Crippen molar-refractivity contribution in [2.24, 2.45) is 0 Å². The predicted octanol–water partition coefficient (Wildman–Crippen LogP) is 1.49. The van der Waals surface area contributed by atoms with Crippen LogP contribution in [0.25, 0.3) is 0 Å². The predicted molar refractivity (Wildman–Crippen MR) is 53.9 cm³/mol. The molecule has 0 unspecified atom stereocenters. The van der Waals surface area contributed by atoms with Gasteiger partial charge in [-0.2, -0.15) is 5.10 Å². The average molecular weight is 206 g/mol. The van der Waals surface area contributed by atoms with Gasteiger partial charge in [0.2, 0.25) is 0 Å². The molecule has 80 valence electrons. The van der Waals surface area contributed by atoms with Gasteiger partial charge in [0.15, 0.2) is 6.29 Å². The number of hydrogen-bond acceptors (Lipinski definition) is 3. The monoisotopic (exact) mass is 206 g/mol. The number of aromatic nitrogens is 2. The molecule has 0 N–H and O–H groups in total. The molecule has 0 aromatic carbocycles. The summed E-state index contributed by atoms with van der Waals surface area (Å²) in [5.41, 5.74) is 2.83. The number of fused-ring (bicyclic) bond motifs is 1. The highest BCUT2D eigenvalue weighted by Gasteiger charge is 2.28. The van der Waals surface area contributed by atoms with Crippen LogP contribution in [0, 0.1) is 0 Å². The smallest absolute Gasteiger partial charge is 0.170 e. The number of nitrogens with zero attached hydrogens (tertiary/aromatic N) is 2. The van der Waals surface area contributed by atoms with Crippen LogP contribution in [0.1, 0.15) is 47.1 Å². The lowest BCUT2D eigenvalue weighted by molar-refractivity contribution is 0.104. The lowest BCUT2D eigenvalue weighted by atomic mass is 9.93. The fourth-order valence-corrected chi connectivity index (χ4v) is 2.32. The molecule has 1 aliphatic heterocycles. The zero-order valence-corrected chi connectivity index (χ0v) is 8.61. The summed E-state index contributed by atoms with van der Waals surface area (Å²) < 4.78 is 7.45. The van der Waals surface area contributed by atoms with Crippen molar-refractivity contribution < 1.29 is 9.53 Å². The van der Waals surface area contributed by atoms with E-state index in [0.29, 0.717) is 18.3 Å². The summed E-state index contributed by atoms with van der Waals surface area (Å²) in [6, 6.07) is 0.533. The van der Waals surface area contributed by atoms with E-state index in [1.54, 1.807) is 0 Å². The molecular formula is C11H14N2O2. The molecule has 1 saturated carbocycles. The molecule has 2 aliphatic rings. The van der Waals surface area contributed by atoms with Crippen molar-refractivity contribution in [3.63, 3.8) is 0 Å². The summed E-state index contributed by atoms with van der Waals surface area (Å²) in [5, 5.41) is 4.40. The number of aldehydes is 1. The Morgan fingerprint density at radius 2 is 2.33 bits per heavy atom. The van der Waals surface area contributed by atoms with Gasteiger partial charge in [0.05, 0.1) is 19.3 Å². The minimum Gasteiger partial charge on any atom is -0.376 e. The van der Waals surface area contributed by atoms with Gasteiger partial charge in [-0.3, -0.25) is 9.48 Å². The Balaban J connectivity index is 2.05. The third-order valence-corrected chi connectivity index (χ3v) is 3.41. The maximum Gasteiger partial charge on any atom is 0.170 e. The summed E-state index contributed by atoms with van der Waals surface area (Å²) in [6.45, 7) is 1.31. The zero-order chi connectivity index (χ0) is 10.3. The molecule has 0 saturated heterocycles. The molecule has 3 rings (SSSR count). The van der Waals surface area contributed by atoms with Crippen molar-refractivity contribution in [1.82, 2.24) is 9.78 Å². The van der Waals surface area contributed by atoms with Crippen molar-refractivity contribution in [2.75, 3.05) is 6.61 Å². The summed E-state index contributed by atoms with van der Waals surface area (Å²) in [4.78, 5) is 10.9. The van der Waals surface area contributed by atoms with Gasteiger partial charge in [-0.05, 0) is 19.3 Å². The SMILES string of the molecule is O=Cc1nn(C2CCC2)c2c1COCC2. The first kappa shape index (κ1) is 9.09. The molecule has 1 fully saturated rings. The first-order valence-corrected chi connectivity index (χ1v) is 5.53. The van der Waals surface area contributed by atoms with Crippen molar-refractivity contribution in [2.45, 2.75) is 38.3 Å². The Morgan fingerprint density at radius 3 is 3.00 bits per heavy atom. The molecule has 0 spiro atoms. The van der Waals surface area contributed by atoms with Gasteiger partial charge in [0, 0.05) is 17.7 Å². The van der Waals surface area contributed by atoms with Crippen LogP contribution in [0.15, 0.2) is 0 Å². The highest BCUT2D eigenvalue weighted by molar-refractivity contribution is 5.74. The molecule has 1 aromatic rings. The third-order valence-electron chi connectivity index (χ3n) is 3.41. The first-order chi connectivity index (χ1) is 7.40. The second-order valence-corrected chi connectivity index (χ2v) is 4.26. The number of ether oxygens (including phenoxy) is 1. The Morgan fingerprint density at radius 1 is 1.47 bits per heavy atom. The molecule has 0 bridgehead atoms.